The van der Waals surface area contributed by atoms with E-state index in [-0.39, 0.29) is 0 Å². The topological polar surface area (TPSA) is 0 Å². The van der Waals surface area contributed by atoms with Crippen LogP contribution in [0.4, 0.5) is 0 Å². The third-order valence-corrected chi connectivity index (χ3v) is 1.22. The van der Waals surface area contributed by atoms with E-state index in [1.54, 1.807) is 0 Å². The molecule has 0 bridgehead atoms. The Morgan fingerprint density at radius 1 is 1.22 bits per heavy atom. The van der Waals surface area contributed by atoms with Gasteiger partial charge in [0.05, 0.1) is 0 Å². The van der Waals surface area contributed by atoms with Crippen molar-refractivity contribution in [3.05, 3.63) is 48.9 Å². The van der Waals surface area contributed by atoms with E-state index in [9.17, 15) is 0 Å². The molecule has 0 aromatic heterocycles. The SMILES string of the molecule is C=Cc1ccc([CH2-])cc1. The van der Waals surface area contributed by atoms with Crippen molar-refractivity contribution in [2.24, 2.45) is 0 Å². The Balaban J connectivity index is 3.01. The Labute approximate surface area is 55.8 Å². The van der Waals surface area contributed by atoms with E-state index >= 15 is 0 Å². The first-order valence-electron chi connectivity index (χ1n) is 2.87. The highest BCUT2D eigenvalue weighted by Crippen LogP contribution is 2.02. The van der Waals surface area contributed by atoms with Crippen molar-refractivity contribution in [1.82, 2.24) is 0 Å². The lowest BCUT2D eigenvalue weighted by Gasteiger charge is -1.99. The van der Waals surface area contributed by atoms with Crippen LogP contribution in [-0.4, -0.2) is 0 Å². The molecule has 0 saturated carbocycles. The van der Waals surface area contributed by atoms with Gasteiger partial charge in [-0.15, -0.1) is 12.1 Å². The molecule has 0 amide bonds. The predicted molar refractivity (Wildman–Crippen MR) is 41.0 cm³/mol. The molecule has 0 heterocycles. The van der Waals surface area contributed by atoms with Gasteiger partial charge >= 0.3 is 0 Å². The van der Waals surface area contributed by atoms with Crippen LogP contribution < -0.4 is 0 Å². The number of benzene rings is 1. The smallest absolute Gasteiger partial charge is 0.0505 e. The molecule has 0 aliphatic heterocycles. The molecule has 0 spiro atoms. The van der Waals surface area contributed by atoms with E-state index < -0.39 is 0 Å². The summed E-state index contributed by atoms with van der Waals surface area (Å²) in [6, 6.07) is 7.93. The van der Waals surface area contributed by atoms with Crippen molar-refractivity contribution in [2.45, 2.75) is 0 Å². The second kappa shape index (κ2) is 2.40. The van der Waals surface area contributed by atoms with Gasteiger partial charge in [-0.25, -0.2) is 0 Å². The van der Waals surface area contributed by atoms with E-state index in [0.717, 1.165) is 11.1 Å². The molecule has 0 saturated heterocycles. The standard InChI is InChI=1S/C9H9/c1-3-9-6-4-8(2)5-7-9/h3-7H,1-2H2/q-1. The highest BCUT2D eigenvalue weighted by Gasteiger charge is 1.75. The van der Waals surface area contributed by atoms with E-state index in [2.05, 4.69) is 13.5 Å². The summed E-state index contributed by atoms with van der Waals surface area (Å²) in [4.78, 5) is 0. The minimum atomic E-state index is 1.04. The molecule has 0 radical (unpaired) electrons. The average Bonchev–Trinajstić information content (AvgIpc) is 1.90. The van der Waals surface area contributed by atoms with E-state index in [0.29, 0.717) is 0 Å². The molecule has 0 fully saturated rings. The molecule has 1 aromatic rings. The number of rotatable bonds is 1. The minimum absolute atomic E-state index is 1.04. The Morgan fingerprint density at radius 3 is 2.22 bits per heavy atom. The zero-order chi connectivity index (χ0) is 6.69. The predicted octanol–water partition coefficient (Wildman–Crippen LogP) is 2.51. The lowest BCUT2D eigenvalue weighted by Crippen LogP contribution is -1.71. The van der Waals surface area contributed by atoms with Crippen molar-refractivity contribution >= 4 is 6.08 Å². The summed E-state index contributed by atoms with van der Waals surface area (Å²) in [7, 11) is 0. The first kappa shape index (κ1) is 5.96. The van der Waals surface area contributed by atoms with Crippen LogP contribution in [0.1, 0.15) is 11.1 Å². The maximum absolute atomic E-state index is 3.76. The van der Waals surface area contributed by atoms with Crippen LogP contribution >= 0.6 is 0 Å². The molecule has 46 valence electrons. The van der Waals surface area contributed by atoms with Crippen molar-refractivity contribution in [3.8, 4) is 0 Å². The van der Waals surface area contributed by atoms with Crippen LogP contribution in [0.15, 0.2) is 30.8 Å². The Morgan fingerprint density at radius 2 is 1.78 bits per heavy atom. The molecule has 0 nitrogen and oxygen atoms in total. The molecule has 1 aromatic carbocycles. The molecule has 0 atom stereocenters. The van der Waals surface area contributed by atoms with Crippen LogP contribution in [0.2, 0.25) is 0 Å². The Hall–Kier alpha value is -1.17. The van der Waals surface area contributed by atoms with Gasteiger partial charge in [0.25, 0.3) is 0 Å². The fraction of sp³-hybridized carbons (Fsp3) is 0. The van der Waals surface area contributed by atoms with Crippen molar-refractivity contribution in [2.75, 3.05) is 0 Å². The van der Waals surface area contributed by atoms with Crippen LogP contribution in [-0.2, 0) is 0 Å². The molecular formula is C9H9-. The fourth-order valence-electron chi connectivity index (χ4n) is 0.654. The molecule has 0 unspecified atom stereocenters. The molecule has 1 rings (SSSR count). The lowest BCUT2D eigenvalue weighted by atomic mass is 10.2. The highest BCUT2D eigenvalue weighted by molar-refractivity contribution is 5.47. The first-order valence-corrected chi connectivity index (χ1v) is 2.87. The van der Waals surface area contributed by atoms with Crippen LogP contribution in [0.5, 0.6) is 0 Å². The van der Waals surface area contributed by atoms with Gasteiger partial charge in [0.1, 0.15) is 0 Å². The summed E-state index contributed by atoms with van der Waals surface area (Å²) in [6.07, 6.45) is 1.82. The number of hydrogen-bond acceptors (Lipinski definition) is 0. The van der Waals surface area contributed by atoms with Crippen LogP contribution in [0.25, 0.3) is 6.08 Å². The van der Waals surface area contributed by atoms with E-state index in [1.165, 1.54) is 0 Å². The quantitative estimate of drug-likeness (QED) is 0.496. The van der Waals surface area contributed by atoms with Crippen LogP contribution in [0, 0.1) is 6.92 Å². The van der Waals surface area contributed by atoms with Gasteiger partial charge in [0.2, 0.25) is 0 Å². The monoisotopic (exact) mass is 117 g/mol. The molecule has 0 aliphatic rings. The summed E-state index contributed by atoms with van der Waals surface area (Å²) in [6.45, 7) is 7.40. The maximum Gasteiger partial charge on any atom is -0.0505 e. The summed E-state index contributed by atoms with van der Waals surface area (Å²) in [5.41, 5.74) is 2.18. The minimum Gasteiger partial charge on any atom is -0.199 e. The zero-order valence-corrected chi connectivity index (χ0v) is 5.30. The summed E-state index contributed by atoms with van der Waals surface area (Å²) in [5.74, 6) is 0. The first-order chi connectivity index (χ1) is 4.33. The molecule has 9 heavy (non-hydrogen) atoms. The third kappa shape index (κ3) is 1.36. The largest absolute Gasteiger partial charge is 0.199 e. The number of hydrogen-bond donors (Lipinski definition) is 0. The fourth-order valence-corrected chi connectivity index (χ4v) is 0.654. The molecular weight excluding hydrogens is 108 g/mol. The van der Waals surface area contributed by atoms with Gasteiger partial charge in [-0.3, -0.25) is 0 Å². The third-order valence-electron chi connectivity index (χ3n) is 1.22. The summed E-state index contributed by atoms with van der Waals surface area (Å²) < 4.78 is 0. The summed E-state index contributed by atoms with van der Waals surface area (Å²) >= 11 is 0. The highest BCUT2D eigenvalue weighted by atomic mass is 13.9. The lowest BCUT2D eigenvalue weighted by molar-refractivity contribution is 1.59. The Bertz CT molecular complexity index is 194. The second-order valence-electron chi connectivity index (χ2n) is 1.95. The van der Waals surface area contributed by atoms with Crippen molar-refractivity contribution in [3.63, 3.8) is 0 Å². The van der Waals surface area contributed by atoms with Gasteiger partial charge in [0.15, 0.2) is 0 Å². The van der Waals surface area contributed by atoms with Gasteiger partial charge in [0, 0.05) is 0 Å². The maximum atomic E-state index is 3.76. The molecule has 0 aliphatic carbocycles. The van der Waals surface area contributed by atoms with E-state index in [1.807, 2.05) is 30.3 Å². The normalized spacial score (nSPS) is 8.89. The second-order valence-corrected chi connectivity index (χ2v) is 1.95. The average molecular weight is 117 g/mol. The van der Waals surface area contributed by atoms with Crippen molar-refractivity contribution in [1.29, 1.82) is 0 Å². The molecule has 0 heteroatoms. The van der Waals surface area contributed by atoms with Crippen LogP contribution in [0.3, 0.4) is 0 Å². The van der Waals surface area contributed by atoms with Gasteiger partial charge < -0.3 is 0 Å². The van der Waals surface area contributed by atoms with Crippen molar-refractivity contribution < 1.29 is 0 Å². The van der Waals surface area contributed by atoms with Gasteiger partial charge in [-0.05, 0) is 0 Å². The summed E-state index contributed by atoms with van der Waals surface area (Å²) in [5, 5.41) is 0. The van der Waals surface area contributed by atoms with E-state index in [4.69, 9.17) is 0 Å². The Kier molecular flexibility index (Phi) is 1.59. The molecule has 0 N–H and O–H groups in total. The zero-order valence-electron chi connectivity index (χ0n) is 5.30. The van der Waals surface area contributed by atoms with Gasteiger partial charge in [-0.2, -0.15) is 24.6 Å². The van der Waals surface area contributed by atoms with Gasteiger partial charge in [-0.1, -0.05) is 18.2 Å².